The molecule has 7 nitrogen and oxygen atoms in total. The molecule has 0 radical (unpaired) electrons. The zero-order valence-electron chi connectivity index (χ0n) is 14.5. The lowest BCUT2D eigenvalue weighted by molar-refractivity contribution is -0.231. The van der Waals surface area contributed by atoms with Crippen LogP contribution in [-0.2, 0) is 28.5 Å². The molecule has 4 atom stereocenters. The minimum Gasteiger partial charge on any atom is -0.462 e. The molecule has 1 aromatic carbocycles. The lowest BCUT2D eigenvalue weighted by Crippen LogP contribution is -2.34. The first-order valence-corrected chi connectivity index (χ1v) is 8.17. The zero-order chi connectivity index (χ0) is 18.0. The molecule has 0 aromatic heterocycles. The molecule has 0 aliphatic carbocycles. The van der Waals surface area contributed by atoms with Crippen molar-refractivity contribution in [1.29, 1.82) is 0 Å². The SMILES string of the molecule is CO[C@H]1O[C@H](COC(=O)CC(=O)c2ccccc2)[C@H]2OC(C)(C)O[C@@H]12. The van der Waals surface area contributed by atoms with Gasteiger partial charge in [-0.2, -0.15) is 0 Å². The minimum atomic E-state index is -0.749. The lowest BCUT2D eigenvalue weighted by Gasteiger charge is -2.23. The Morgan fingerprint density at radius 3 is 2.48 bits per heavy atom. The number of methoxy groups -OCH3 is 1. The molecule has 2 saturated heterocycles. The normalized spacial score (nSPS) is 30.0. The van der Waals surface area contributed by atoms with E-state index >= 15 is 0 Å². The maximum absolute atomic E-state index is 12.0. The zero-order valence-corrected chi connectivity index (χ0v) is 14.5. The second-order valence-corrected chi connectivity index (χ2v) is 6.49. The van der Waals surface area contributed by atoms with E-state index in [1.807, 2.05) is 0 Å². The van der Waals surface area contributed by atoms with Crippen LogP contribution in [0.5, 0.6) is 0 Å². The molecule has 0 N–H and O–H groups in total. The van der Waals surface area contributed by atoms with E-state index in [2.05, 4.69) is 0 Å². The molecule has 2 fully saturated rings. The summed E-state index contributed by atoms with van der Waals surface area (Å²) in [5.74, 6) is -1.64. The number of fused-ring (bicyclic) bond motifs is 1. The molecule has 0 saturated carbocycles. The topological polar surface area (TPSA) is 80.3 Å². The number of Topliss-reactive ketones (excluding diaryl/α,β-unsaturated/α-hetero) is 1. The highest BCUT2D eigenvalue weighted by Crippen LogP contribution is 2.38. The summed E-state index contributed by atoms with van der Waals surface area (Å²) in [7, 11) is 1.52. The van der Waals surface area contributed by atoms with Crippen LogP contribution >= 0.6 is 0 Å². The Bertz CT molecular complexity index is 628. The van der Waals surface area contributed by atoms with E-state index in [0.29, 0.717) is 5.56 Å². The number of carbonyl (C=O) groups excluding carboxylic acids is 2. The van der Waals surface area contributed by atoms with Crippen molar-refractivity contribution in [2.45, 2.75) is 50.7 Å². The Balaban J connectivity index is 1.53. The smallest absolute Gasteiger partial charge is 0.313 e. The number of carbonyl (C=O) groups is 2. The van der Waals surface area contributed by atoms with Crippen LogP contribution in [0.15, 0.2) is 30.3 Å². The summed E-state index contributed by atoms with van der Waals surface area (Å²) >= 11 is 0. The van der Waals surface area contributed by atoms with E-state index in [9.17, 15) is 9.59 Å². The van der Waals surface area contributed by atoms with Gasteiger partial charge in [0.25, 0.3) is 0 Å². The summed E-state index contributed by atoms with van der Waals surface area (Å²) in [6.45, 7) is 3.58. The van der Waals surface area contributed by atoms with Crippen LogP contribution in [0.4, 0.5) is 0 Å². The van der Waals surface area contributed by atoms with Gasteiger partial charge in [0.05, 0.1) is 0 Å². The first-order chi connectivity index (χ1) is 11.9. The molecule has 2 aliphatic heterocycles. The van der Waals surface area contributed by atoms with Crippen LogP contribution in [0, 0.1) is 0 Å². The Morgan fingerprint density at radius 1 is 1.12 bits per heavy atom. The van der Waals surface area contributed by atoms with Crippen molar-refractivity contribution in [2.24, 2.45) is 0 Å². The number of esters is 1. The molecule has 136 valence electrons. The third-order valence-electron chi connectivity index (χ3n) is 4.15. The summed E-state index contributed by atoms with van der Waals surface area (Å²) in [4.78, 5) is 24.0. The quantitative estimate of drug-likeness (QED) is 0.439. The van der Waals surface area contributed by atoms with E-state index in [-0.39, 0.29) is 24.9 Å². The summed E-state index contributed by atoms with van der Waals surface area (Å²) in [5, 5.41) is 0. The molecule has 25 heavy (non-hydrogen) atoms. The summed E-state index contributed by atoms with van der Waals surface area (Å²) in [6, 6.07) is 8.62. The van der Waals surface area contributed by atoms with Crippen molar-refractivity contribution in [3.8, 4) is 0 Å². The Labute approximate surface area is 146 Å². The highest BCUT2D eigenvalue weighted by atomic mass is 16.8. The largest absolute Gasteiger partial charge is 0.462 e. The van der Waals surface area contributed by atoms with Gasteiger partial charge < -0.3 is 23.7 Å². The van der Waals surface area contributed by atoms with Gasteiger partial charge in [0, 0.05) is 12.7 Å². The Kier molecular flexibility index (Phi) is 5.19. The predicted octanol–water partition coefficient (Wildman–Crippen LogP) is 1.69. The van der Waals surface area contributed by atoms with Crippen molar-refractivity contribution in [3.63, 3.8) is 0 Å². The molecule has 1 aromatic rings. The van der Waals surface area contributed by atoms with Crippen LogP contribution in [0.3, 0.4) is 0 Å². The Hall–Kier alpha value is -1.80. The third kappa shape index (κ3) is 4.07. The highest BCUT2D eigenvalue weighted by Gasteiger charge is 2.55. The molecule has 7 heteroatoms. The fourth-order valence-corrected chi connectivity index (χ4v) is 3.05. The van der Waals surface area contributed by atoms with Crippen LogP contribution in [0.2, 0.25) is 0 Å². The molecule has 2 heterocycles. The molecular formula is C18H22O7. The van der Waals surface area contributed by atoms with Gasteiger partial charge in [-0.25, -0.2) is 0 Å². The van der Waals surface area contributed by atoms with Crippen molar-refractivity contribution in [2.75, 3.05) is 13.7 Å². The maximum atomic E-state index is 12.0. The monoisotopic (exact) mass is 350 g/mol. The molecule has 0 amide bonds. The number of ketones is 1. The van der Waals surface area contributed by atoms with Gasteiger partial charge >= 0.3 is 5.97 Å². The van der Waals surface area contributed by atoms with Crippen molar-refractivity contribution in [3.05, 3.63) is 35.9 Å². The predicted molar refractivity (Wildman–Crippen MR) is 85.8 cm³/mol. The summed E-state index contributed by atoms with van der Waals surface area (Å²) in [6.07, 6.45) is -2.18. The van der Waals surface area contributed by atoms with Crippen LogP contribution in [0.1, 0.15) is 30.6 Å². The van der Waals surface area contributed by atoms with Gasteiger partial charge in [-0.15, -0.1) is 0 Å². The van der Waals surface area contributed by atoms with E-state index in [4.69, 9.17) is 23.7 Å². The summed E-state index contributed by atoms with van der Waals surface area (Å²) < 4.78 is 27.7. The second kappa shape index (κ2) is 7.21. The Morgan fingerprint density at radius 2 is 1.80 bits per heavy atom. The van der Waals surface area contributed by atoms with Crippen molar-refractivity contribution >= 4 is 11.8 Å². The lowest BCUT2D eigenvalue weighted by atomic mass is 10.1. The van der Waals surface area contributed by atoms with Crippen LogP contribution < -0.4 is 0 Å². The summed E-state index contributed by atoms with van der Waals surface area (Å²) in [5.41, 5.74) is 0.477. The first-order valence-electron chi connectivity index (χ1n) is 8.17. The van der Waals surface area contributed by atoms with Gasteiger partial charge in [-0.05, 0) is 13.8 Å². The van der Waals surface area contributed by atoms with Gasteiger partial charge in [0.1, 0.15) is 31.3 Å². The number of hydrogen-bond acceptors (Lipinski definition) is 7. The highest BCUT2D eigenvalue weighted by molar-refractivity contribution is 6.05. The molecule has 0 bridgehead atoms. The van der Waals surface area contributed by atoms with E-state index < -0.39 is 30.3 Å². The number of hydrogen-bond donors (Lipinski definition) is 0. The van der Waals surface area contributed by atoms with E-state index in [1.54, 1.807) is 44.2 Å². The average Bonchev–Trinajstić information content (AvgIpc) is 3.06. The van der Waals surface area contributed by atoms with Crippen molar-refractivity contribution < 1.29 is 33.3 Å². The number of ether oxygens (including phenoxy) is 5. The van der Waals surface area contributed by atoms with Crippen molar-refractivity contribution in [1.82, 2.24) is 0 Å². The maximum Gasteiger partial charge on any atom is 0.313 e. The third-order valence-corrected chi connectivity index (χ3v) is 4.15. The molecule has 2 aliphatic rings. The van der Waals surface area contributed by atoms with Gasteiger partial charge in [-0.3, -0.25) is 9.59 Å². The van der Waals surface area contributed by atoms with Crippen LogP contribution in [-0.4, -0.2) is 55.9 Å². The van der Waals surface area contributed by atoms with Gasteiger partial charge in [0.15, 0.2) is 17.9 Å². The minimum absolute atomic E-state index is 0.0264. The van der Waals surface area contributed by atoms with Gasteiger partial charge in [0.2, 0.25) is 0 Å². The molecule has 3 rings (SSSR count). The average molecular weight is 350 g/mol. The van der Waals surface area contributed by atoms with Gasteiger partial charge in [-0.1, -0.05) is 30.3 Å². The molecular weight excluding hydrogens is 328 g/mol. The standard InChI is InChI=1S/C18H22O7/c1-18(2)24-15-13(23-17(21-3)16(15)25-18)10-22-14(20)9-12(19)11-7-5-4-6-8-11/h4-8,13,15-17H,9-10H2,1-3H3/t13-,15-,16-,17+/m1/s1. The van der Waals surface area contributed by atoms with Crippen LogP contribution in [0.25, 0.3) is 0 Å². The molecule has 0 unspecified atom stereocenters. The van der Waals surface area contributed by atoms with E-state index in [1.165, 1.54) is 7.11 Å². The fraction of sp³-hybridized carbons (Fsp3) is 0.556. The second-order valence-electron chi connectivity index (χ2n) is 6.49. The number of rotatable bonds is 6. The molecule has 0 spiro atoms. The van der Waals surface area contributed by atoms with E-state index in [0.717, 1.165) is 0 Å². The number of benzene rings is 1. The first kappa shape index (κ1) is 18.0. The fourth-order valence-electron chi connectivity index (χ4n) is 3.05.